The summed E-state index contributed by atoms with van der Waals surface area (Å²) >= 11 is 6.11. The zero-order chi connectivity index (χ0) is 13.0. The summed E-state index contributed by atoms with van der Waals surface area (Å²) < 4.78 is 0. The Morgan fingerprint density at radius 2 is 1.78 bits per heavy atom. The first kappa shape index (κ1) is 13.0. The summed E-state index contributed by atoms with van der Waals surface area (Å²) in [6.07, 6.45) is 1.06. The van der Waals surface area contributed by atoms with Crippen molar-refractivity contribution in [1.29, 1.82) is 0 Å². The van der Waals surface area contributed by atoms with E-state index in [1.165, 1.54) is 11.1 Å². The highest BCUT2D eigenvalue weighted by Crippen LogP contribution is 2.21. The topological polar surface area (TPSA) is 12.0 Å². The van der Waals surface area contributed by atoms with Crippen LogP contribution >= 0.6 is 11.6 Å². The first-order valence-corrected chi connectivity index (χ1v) is 6.65. The molecule has 0 bridgehead atoms. The lowest BCUT2D eigenvalue weighted by Crippen LogP contribution is -2.02. The molecular formula is C16H18ClN. The van der Waals surface area contributed by atoms with Crippen LogP contribution in [-0.2, 0) is 13.0 Å². The van der Waals surface area contributed by atoms with Gasteiger partial charge in [0.15, 0.2) is 0 Å². The van der Waals surface area contributed by atoms with Crippen LogP contribution in [0.25, 0.3) is 0 Å². The van der Waals surface area contributed by atoms with Crippen molar-refractivity contribution in [3.63, 3.8) is 0 Å². The minimum Gasteiger partial charge on any atom is -0.381 e. The van der Waals surface area contributed by atoms with Crippen molar-refractivity contribution in [2.24, 2.45) is 0 Å². The van der Waals surface area contributed by atoms with E-state index in [0.717, 1.165) is 29.2 Å². The highest BCUT2D eigenvalue weighted by molar-refractivity contribution is 6.31. The van der Waals surface area contributed by atoms with Gasteiger partial charge in [-0.3, -0.25) is 0 Å². The second-order valence-corrected chi connectivity index (χ2v) is 4.85. The molecule has 18 heavy (non-hydrogen) atoms. The molecule has 0 atom stereocenters. The molecule has 0 spiro atoms. The fourth-order valence-electron chi connectivity index (χ4n) is 1.97. The van der Waals surface area contributed by atoms with Gasteiger partial charge < -0.3 is 5.32 Å². The van der Waals surface area contributed by atoms with Crippen molar-refractivity contribution in [3.05, 3.63) is 64.2 Å². The van der Waals surface area contributed by atoms with Crippen molar-refractivity contribution >= 4 is 17.3 Å². The molecule has 0 aliphatic heterocycles. The Hall–Kier alpha value is -1.47. The monoisotopic (exact) mass is 259 g/mol. The highest BCUT2D eigenvalue weighted by Gasteiger charge is 2.01. The average molecular weight is 260 g/mol. The third-order valence-electron chi connectivity index (χ3n) is 3.15. The molecule has 0 aliphatic carbocycles. The zero-order valence-electron chi connectivity index (χ0n) is 10.8. The van der Waals surface area contributed by atoms with Crippen LogP contribution in [0.4, 0.5) is 5.69 Å². The fourth-order valence-corrected chi connectivity index (χ4v) is 2.16. The van der Waals surface area contributed by atoms with Gasteiger partial charge in [0.2, 0.25) is 0 Å². The molecule has 1 nitrogen and oxygen atoms in total. The average Bonchev–Trinajstić information content (AvgIpc) is 2.40. The van der Waals surface area contributed by atoms with Gasteiger partial charge >= 0.3 is 0 Å². The molecule has 0 fully saturated rings. The molecule has 0 saturated carbocycles. The van der Waals surface area contributed by atoms with Crippen molar-refractivity contribution in [2.75, 3.05) is 5.32 Å². The van der Waals surface area contributed by atoms with Gasteiger partial charge in [-0.05, 0) is 42.2 Å². The second kappa shape index (κ2) is 5.92. The molecular weight excluding hydrogens is 242 g/mol. The molecule has 0 aromatic heterocycles. The summed E-state index contributed by atoms with van der Waals surface area (Å²) in [5, 5.41) is 4.23. The summed E-state index contributed by atoms with van der Waals surface area (Å²) in [5.41, 5.74) is 4.91. The Labute approximate surface area is 114 Å². The molecule has 2 aromatic rings. The Balaban J connectivity index is 2.09. The number of aryl methyl sites for hydroxylation is 2. The quantitative estimate of drug-likeness (QED) is 0.830. The Bertz CT molecular complexity index is 534. The lowest BCUT2D eigenvalue weighted by Gasteiger charge is -2.11. The van der Waals surface area contributed by atoms with Gasteiger partial charge in [0.25, 0.3) is 0 Å². The summed E-state index contributed by atoms with van der Waals surface area (Å²) in [6, 6.07) is 14.6. The predicted molar refractivity (Wildman–Crippen MR) is 79.3 cm³/mol. The maximum atomic E-state index is 6.11. The number of halogens is 1. The molecule has 94 valence electrons. The van der Waals surface area contributed by atoms with Gasteiger partial charge in [0.05, 0.1) is 0 Å². The molecule has 0 heterocycles. The minimum absolute atomic E-state index is 0.809. The van der Waals surface area contributed by atoms with E-state index in [1.807, 2.05) is 19.1 Å². The SMILES string of the molecule is CCc1ccccc1CNc1ccc(C)c(Cl)c1. The zero-order valence-corrected chi connectivity index (χ0v) is 11.6. The van der Waals surface area contributed by atoms with Crippen molar-refractivity contribution < 1.29 is 0 Å². The Morgan fingerprint density at radius 3 is 2.44 bits per heavy atom. The number of hydrogen-bond donors (Lipinski definition) is 1. The van der Waals surface area contributed by atoms with E-state index in [9.17, 15) is 0 Å². The molecule has 2 rings (SSSR count). The fraction of sp³-hybridized carbons (Fsp3) is 0.250. The smallest absolute Gasteiger partial charge is 0.0455 e. The van der Waals surface area contributed by atoms with Crippen LogP contribution in [0.2, 0.25) is 5.02 Å². The normalized spacial score (nSPS) is 10.4. The third-order valence-corrected chi connectivity index (χ3v) is 3.56. The van der Waals surface area contributed by atoms with E-state index in [4.69, 9.17) is 11.6 Å². The van der Waals surface area contributed by atoms with Crippen LogP contribution < -0.4 is 5.32 Å². The molecule has 0 amide bonds. The number of anilines is 1. The molecule has 0 unspecified atom stereocenters. The second-order valence-electron chi connectivity index (χ2n) is 4.44. The number of rotatable bonds is 4. The van der Waals surface area contributed by atoms with Gasteiger partial charge in [-0.2, -0.15) is 0 Å². The largest absolute Gasteiger partial charge is 0.381 e. The number of benzene rings is 2. The van der Waals surface area contributed by atoms with E-state index < -0.39 is 0 Å². The summed E-state index contributed by atoms with van der Waals surface area (Å²) in [5.74, 6) is 0. The highest BCUT2D eigenvalue weighted by atomic mass is 35.5. The van der Waals surface area contributed by atoms with Crippen LogP contribution in [0, 0.1) is 6.92 Å². The molecule has 1 N–H and O–H groups in total. The van der Waals surface area contributed by atoms with Crippen LogP contribution in [-0.4, -0.2) is 0 Å². The lowest BCUT2D eigenvalue weighted by atomic mass is 10.1. The first-order chi connectivity index (χ1) is 8.70. The van der Waals surface area contributed by atoms with Gasteiger partial charge in [0, 0.05) is 17.3 Å². The summed E-state index contributed by atoms with van der Waals surface area (Å²) in [7, 11) is 0. The van der Waals surface area contributed by atoms with Crippen molar-refractivity contribution in [1.82, 2.24) is 0 Å². The van der Waals surface area contributed by atoms with Gasteiger partial charge in [-0.15, -0.1) is 0 Å². The van der Waals surface area contributed by atoms with Gasteiger partial charge in [-0.1, -0.05) is 48.9 Å². The summed E-state index contributed by atoms with van der Waals surface area (Å²) in [6.45, 7) is 5.03. The van der Waals surface area contributed by atoms with E-state index in [-0.39, 0.29) is 0 Å². The number of nitrogens with one attached hydrogen (secondary N) is 1. The van der Waals surface area contributed by atoms with E-state index in [1.54, 1.807) is 0 Å². The molecule has 2 aromatic carbocycles. The maximum Gasteiger partial charge on any atom is 0.0455 e. The van der Waals surface area contributed by atoms with Crippen LogP contribution in [0.1, 0.15) is 23.6 Å². The standard InChI is InChI=1S/C16H18ClN/c1-3-13-6-4-5-7-14(13)11-18-15-9-8-12(2)16(17)10-15/h4-10,18H,3,11H2,1-2H3. The van der Waals surface area contributed by atoms with Crippen LogP contribution in [0.15, 0.2) is 42.5 Å². The summed E-state index contributed by atoms with van der Waals surface area (Å²) in [4.78, 5) is 0. The van der Waals surface area contributed by atoms with Crippen molar-refractivity contribution in [2.45, 2.75) is 26.8 Å². The van der Waals surface area contributed by atoms with Crippen molar-refractivity contribution in [3.8, 4) is 0 Å². The molecule has 0 aliphatic rings. The Morgan fingerprint density at radius 1 is 1.06 bits per heavy atom. The van der Waals surface area contributed by atoms with Crippen LogP contribution in [0.3, 0.4) is 0 Å². The lowest BCUT2D eigenvalue weighted by molar-refractivity contribution is 1.04. The molecule has 0 radical (unpaired) electrons. The Kier molecular flexibility index (Phi) is 4.27. The third kappa shape index (κ3) is 3.05. The predicted octanol–water partition coefficient (Wildman–Crippen LogP) is 4.82. The van der Waals surface area contributed by atoms with E-state index in [0.29, 0.717) is 0 Å². The van der Waals surface area contributed by atoms with E-state index >= 15 is 0 Å². The minimum atomic E-state index is 0.809. The van der Waals surface area contributed by atoms with Gasteiger partial charge in [-0.25, -0.2) is 0 Å². The first-order valence-electron chi connectivity index (χ1n) is 6.27. The van der Waals surface area contributed by atoms with E-state index in [2.05, 4.69) is 42.6 Å². The molecule has 0 saturated heterocycles. The molecule has 2 heteroatoms. The van der Waals surface area contributed by atoms with Crippen LogP contribution in [0.5, 0.6) is 0 Å². The van der Waals surface area contributed by atoms with Gasteiger partial charge in [0.1, 0.15) is 0 Å². The maximum absolute atomic E-state index is 6.11. The number of hydrogen-bond acceptors (Lipinski definition) is 1.